The Morgan fingerprint density at radius 2 is 2.07 bits per heavy atom. The molecule has 5 rings (SSSR count). The molecular formula is C23H23N3O4. The number of carbonyl (C=O) groups excluding carboxylic acids is 2. The first-order valence-electron chi connectivity index (χ1n) is 10.2. The van der Waals surface area contributed by atoms with Gasteiger partial charge in [-0.3, -0.25) is 9.59 Å². The average molecular weight is 405 g/mol. The number of carbonyl (C=O) groups is 2. The number of aryl methyl sites for hydroxylation is 1. The van der Waals surface area contributed by atoms with Crippen LogP contribution in [0.25, 0.3) is 11.0 Å². The number of imidazole rings is 1. The third-order valence-corrected chi connectivity index (χ3v) is 5.81. The van der Waals surface area contributed by atoms with Crippen molar-refractivity contribution in [1.82, 2.24) is 14.5 Å². The fourth-order valence-corrected chi connectivity index (χ4v) is 4.18. The number of aromatic nitrogens is 2. The molecule has 7 heteroatoms. The summed E-state index contributed by atoms with van der Waals surface area (Å²) in [6.07, 6.45) is 0.869. The number of rotatable bonds is 5. The Morgan fingerprint density at radius 1 is 1.20 bits per heavy atom. The lowest BCUT2D eigenvalue weighted by Gasteiger charge is -2.25. The van der Waals surface area contributed by atoms with Crippen molar-refractivity contribution in [2.75, 3.05) is 6.61 Å². The number of benzene rings is 2. The molecule has 0 radical (unpaired) electrons. The van der Waals surface area contributed by atoms with Gasteiger partial charge in [0.2, 0.25) is 0 Å². The second-order valence-corrected chi connectivity index (χ2v) is 7.83. The minimum Gasteiger partial charge on any atom is -0.493 e. The molecule has 2 aliphatic heterocycles. The highest BCUT2D eigenvalue weighted by Crippen LogP contribution is 2.27. The van der Waals surface area contributed by atoms with E-state index in [4.69, 9.17) is 14.5 Å². The fraction of sp³-hybridized carbons (Fsp3) is 0.348. The van der Waals surface area contributed by atoms with Crippen molar-refractivity contribution >= 4 is 22.9 Å². The Kier molecular flexibility index (Phi) is 4.65. The number of nitrogens with zero attached hydrogens (tertiary/aromatic N) is 3. The third kappa shape index (κ3) is 3.40. The second-order valence-electron chi connectivity index (χ2n) is 7.83. The first kappa shape index (κ1) is 18.7. The van der Waals surface area contributed by atoms with Crippen LogP contribution in [-0.4, -0.2) is 39.0 Å². The van der Waals surface area contributed by atoms with Crippen LogP contribution in [0.5, 0.6) is 5.75 Å². The molecule has 1 aromatic heterocycles. The molecule has 1 amide bonds. The van der Waals surface area contributed by atoms with E-state index in [1.54, 1.807) is 4.90 Å². The van der Waals surface area contributed by atoms with Crippen molar-refractivity contribution < 1.29 is 19.1 Å². The molecule has 0 N–H and O–H groups in total. The molecule has 30 heavy (non-hydrogen) atoms. The summed E-state index contributed by atoms with van der Waals surface area (Å²) in [5, 5.41) is 0. The lowest BCUT2D eigenvalue weighted by molar-refractivity contribution is -0.153. The Hall–Kier alpha value is -3.35. The van der Waals surface area contributed by atoms with Crippen LogP contribution in [0.2, 0.25) is 0 Å². The molecule has 2 aliphatic rings. The first-order chi connectivity index (χ1) is 14.6. The van der Waals surface area contributed by atoms with E-state index in [0.717, 1.165) is 40.2 Å². The van der Waals surface area contributed by atoms with E-state index in [-0.39, 0.29) is 18.3 Å². The van der Waals surface area contributed by atoms with Gasteiger partial charge in [0.15, 0.2) is 6.10 Å². The third-order valence-electron chi connectivity index (χ3n) is 5.81. The number of amides is 1. The maximum absolute atomic E-state index is 13.2. The summed E-state index contributed by atoms with van der Waals surface area (Å²) < 4.78 is 12.9. The van der Waals surface area contributed by atoms with Crippen LogP contribution in [0.3, 0.4) is 0 Å². The van der Waals surface area contributed by atoms with Crippen molar-refractivity contribution in [3.8, 4) is 5.75 Å². The number of hydrogen-bond acceptors (Lipinski definition) is 5. The van der Waals surface area contributed by atoms with Gasteiger partial charge in [0.1, 0.15) is 11.6 Å². The predicted molar refractivity (Wildman–Crippen MR) is 110 cm³/mol. The van der Waals surface area contributed by atoms with Crippen LogP contribution in [0.1, 0.15) is 29.8 Å². The standard InChI is InChI=1S/C23H23N3O4/c1-25-18-5-3-2-4-17(18)24-21(25)14-26(23(28)20-8-9-22(27)30-20)13-15-6-7-19-16(12-15)10-11-29-19/h2-7,12,20H,8-11,13-14H2,1H3/t20-/m1/s1. The number of cyclic esters (lactones) is 1. The average Bonchev–Trinajstić information content (AvgIpc) is 3.46. The zero-order chi connectivity index (χ0) is 20.7. The monoisotopic (exact) mass is 405 g/mol. The van der Waals surface area contributed by atoms with Crippen LogP contribution >= 0.6 is 0 Å². The molecule has 0 bridgehead atoms. The van der Waals surface area contributed by atoms with Crippen LogP contribution in [0.4, 0.5) is 0 Å². The van der Waals surface area contributed by atoms with Crippen molar-refractivity contribution in [3.05, 3.63) is 59.4 Å². The van der Waals surface area contributed by atoms with Gasteiger partial charge in [0, 0.05) is 32.9 Å². The molecule has 1 saturated heterocycles. The largest absolute Gasteiger partial charge is 0.493 e. The molecule has 0 spiro atoms. The summed E-state index contributed by atoms with van der Waals surface area (Å²) in [7, 11) is 1.95. The molecular weight excluding hydrogens is 382 g/mol. The lowest BCUT2D eigenvalue weighted by Crippen LogP contribution is -2.38. The van der Waals surface area contributed by atoms with Gasteiger partial charge < -0.3 is 18.9 Å². The molecule has 3 heterocycles. The fourth-order valence-electron chi connectivity index (χ4n) is 4.18. The number of fused-ring (bicyclic) bond motifs is 2. The van der Waals surface area contributed by atoms with Gasteiger partial charge >= 0.3 is 5.97 Å². The Labute approximate surface area is 174 Å². The topological polar surface area (TPSA) is 73.7 Å². The van der Waals surface area contributed by atoms with Crippen LogP contribution in [0, 0.1) is 0 Å². The van der Waals surface area contributed by atoms with Crippen molar-refractivity contribution in [3.63, 3.8) is 0 Å². The summed E-state index contributed by atoms with van der Waals surface area (Å²) in [6.45, 7) is 1.45. The Bertz CT molecular complexity index is 1140. The number of esters is 1. The minimum atomic E-state index is -0.718. The summed E-state index contributed by atoms with van der Waals surface area (Å²) in [5.41, 5.74) is 4.09. The molecule has 2 aromatic carbocycles. The normalized spacial score (nSPS) is 17.6. The summed E-state index contributed by atoms with van der Waals surface area (Å²) >= 11 is 0. The van der Waals surface area contributed by atoms with Crippen LogP contribution in [-0.2, 0) is 40.9 Å². The molecule has 0 saturated carbocycles. The highest BCUT2D eigenvalue weighted by Gasteiger charge is 2.34. The van der Waals surface area contributed by atoms with Crippen LogP contribution < -0.4 is 4.74 Å². The molecule has 154 valence electrons. The quantitative estimate of drug-likeness (QED) is 0.611. The van der Waals surface area contributed by atoms with Gasteiger partial charge in [-0.15, -0.1) is 0 Å². The maximum atomic E-state index is 13.2. The van der Waals surface area contributed by atoms with Gasteiger partial charge in [-0.05, 0) is 29.3 Å². The minimum absolute atomic E-state index is 0.176. The van der Waals surface area contributed by atoms with Gasteiger partial charge in [-0.2, -0.15) is 0 Å². The highest BCUT2D eigenvalue weighted by atomic mass is 16.6. The van der Waals surface area contributed by atoms with Crippen molar-refractivity contribution in [2.24, 2.45) is 7.05 Å². The first-order valence-corrected chi connectivity index (χ1v) is 10.2. The van der Waals surface area contributed by atoms with Gasteiger partial charge in [-0.1, -0.05) is 24.3 Å². The summed E-state index contributed by atoms with van der Waals surface area (Å²) in [4.78, 5) is 31.3. The number of ether oxygens (including phenoxy) is 2. The maximum Gasteiger partial charge on any atom is 0.306 e. The molecule has 0 unspecified atom stereocenters. The SMILES string of the molecule is Cn1c(CN(Cc2ccc3c(c2)CCO3)C(=O)[C@H]2CCC(=O)O2)nc2ccccc21. The molecule has 0 aliphatic carbocycles. The van der Waals surface area contributed by atoms with Crippen molar-refractivity contribution in [2.45, 2.75) is 38.5 Å². The Balaban J connectivity index is 1.45. The lowest BCUT2D eigenvalue weighted by atomic mass is 10.1. The zero-order valence-electron chi connectivity index (χ0n) is 16.8. The van der Waals surface area contributed by atoms with Gasteiger partial charge in [0.25, 0.3) is 5.91 Å². The highest BCUT2D eigenvalue weighted by molar-refractivity contribution is 5.86. The zero-order valence-corrected chi connectivity index (χ0v) is 16.8. The number of hydrogen-bond donors (Lipinski definition) is 0. The van der Waals surface area contributed by atoms with Gasteiger partial charge in [0.05, 0.1) is 24.2 Å². The van der Waals surface area contributed by atoms with Crippen LogP contribution in [0.15, 0.2) is 42.5 Å². The second kappa shape index (κ2) is 7.48. The van der Waals surface area contributed by atoms with E-state index in [1.807, 2.05) is 48.0 Å². The van der Waals surface area contributed by atoms with Crippen molar-refractivity contribution in [1.29, 1.82) is 0 Å². The predicted octanol–water partition coefficient (Wildman–Crippen LogP) is 2.74. The molecule has 3 aromatic rings. The Morgan fingerprint density at radius 3 is 2.87 bits per heavy atom. The van der Waals surface area contributed by atoms with Gasteiger partial charge in [-0.25, -0.2) is 4.98 Å². The molecule has 7 nitrogen and oxygen atoms in total. The molecule has 1 fully saturated rings. The van der Waals surface area contributed by atoms with E-state index < -0.39 is 6.10 Å². The van der Waals surface area contributed by atoms with E-state index in [2.05, 4.69) is 6.07 Å². The van der Waals surface area contributed by atoms with E-state index in [1.165, 1.54) is 0 Å². The number of para-hydroxylation sites is 2. The van der Waals surface area contributed by atoms with E-state index in [0.29, 0.717) is 26.1 Å². The molecule has 1 atom stereocenters. The smallest absolute Gasteiger partial charge is 0.306 e. The summed E-state index contributed by atoms with van der Waals surface area (Å²) in [5.74, 6) is 1.21. The summed E-state index contributed by atoms with van der Waals surface area (Å²) in [6, 6.07) is 13.9. The van der Waals surface area contributed by atoms with E-state index >= 15 is 0 Å². The van der Waals surface area contributed by atoms with E-state index in [9.17, 15) is 9.59 Å².